The summed E-state index contributed by atoms with van der Waals surface area (Å²) in [6.45, 7) is 8.29. The van der Waals surface area contributed by atoms with Crippen LogP contribution in [-0.2, 0) is 35.6 Å². The number of ketones is 1. The fraction of sp³-hybridized carbons (Fsp3) is 0.523. The van der Waals surface area contributed by atoms with E-state index in [9.17, 15) is 27.6 Å². The summed E-state index contributed by atoms with van der Waals surface area (Å²) in [7, 11) is -0.445. The molecule has 1 aromatic heterocycles. The third kappa shape index (κ3) is 8.44. The van der Waals surface area contributed by atoms with Gasteiger partial charge in [0.2, 0.25) is 27.7 Å². The fourth-order valence-electron chi connectivity index (χ4n) is 8.56. The summed E-state index contributed by atoms with van der Waals surface area (Å²) in [5.41, 5.74) is 1.98. The molecule has 2 saturated carbocycles. The van der Waals surface area contributed by atoms with Gasteiger partial charge in [0, 0.05) is 61.9 Å². The van der Waals surface area contributed by atoms with Crippen molar-refractivity contribution in [2.24, 2.45) is 23.2 Å². The lowest BCUT2D eigenvalue weighted by Crippen LogP contribution is -2.47. The highest BCUT2D eigenvalue weighted by Gasteiger charge is 2.61. The van der Waals surface area contributed by atoms with Crippen molar-refractivity contribution in [2.45, 2.75) is 95.5 Å². The number of aryl methyl sites for hydroxylation is 1. The number of allylic oxidation sites excluding steroid dienone is 1. The number of amides is 3. The zero-order valence-corrected chi connectivity index (χ0v) is 34.2. The first kappa shape index (κ1) is 40.4. The molecule has 0 unspecified atom stereocenters. The molecule has 3 fully saturated rings. The molecule has 1 N–H and O–H groups in total. The fourth-order valence-corrected chi connectivity index (χ4v) is 9.94. The van der Waals surface area contributed by atoms with Crippen LogP contribution in [0.1, 0.15) is 77.2 Å². The van der Waals surface area contributed by atoms with E-state index in [1.54, 1.807) is 30.0 Å². The summed E-state index contributed by atoms with van der Waals surface area (Å²) in [4.78, 5) is 64.8. The number of pyridine rings is 1. The highest BCUT2D eigenvalue weighted by atomic mass is 32.2. The van der Waals surface area contributed by atoms with E-state index in [0.717, 1.165) is 47.9 Å². The third-order valence-corrected chi connectivity index (χ3v) is 14.2. The maximum Gasteiger partial charge on any atom is 0.240 e. The molecule has 7 rings (SSSR count). The van der Waals surface area contributed by atoms with Gasteiger partial charge in [0.05, 0.1) is 41.6 Å². The van der Waals surface area contributed by atoms with Crippen LogP contribution in [0.3, 0.4) is 0 Å². The first-order valence-electron chi connectivity index (χ1n) is 20.2. The topological polar surface area (TPSA) is 152 Å². The van der Waals surface area contributed by atoms with Crippen LogP contribution in [0, 0.1) is 23.2 Å². The Labute approximate surface area is 335 Å². The number of sulfonamides is 1. The quantitative estimate of drug-likeness (QED) is 0.249. The van der Waals surface area contributed by atoms with E-state index in [2.05, 4.69) is 17.4 Å². The molecule has 12 nitrogen and oxygen atoms in total. The first-order valence-corrected chi connectivity index (χ1v) is 21.8. The average Bonchev–Trinajstić information content (AvgIpc) is 4.12. The van der Waals surface area contributed by atoms with Crippen molar-refractivity contribution in [1.82, 2.24) is 19.5 Å². The van der Waals surface area contributed by atoms with Crippen molar-refractivity contribution in [3.05, 3.63) is 66.7 Å². The van der Waals surface area contributed by atoms with Gasteiger partial charge in [0.1, 0.15) is 17.6 Å². The number of nitrogens with one attached hydrogen (secondary N) is 1. The van der Waals surface area contributed by atoms with Crippen LogP contribution >= 0.6 is 0 Å². The molecule has 13 heteroatoms. The van der Waals surface area contributed by atoms with Gasteiger partial charge in [-0.25, -0.2) is 13.4 Å². The number of rotatable bonds is 10. The molecule has 3 amide bonds. The summed E-state index contributed by atoms with van der Waals surface area (Å²) in [6.07, 6.45) is 5.42. The molecule has 2 aliphatic heterocycles. The minimum absolute atomic E-state index is 0.00692. The number of carbonyl (C=O) groups excluding carboxylic acids is 4. The molecule has 304 valence electrons. The minimum atomic E-state index is -3.85. The Morgan fingerprint density at radius 2 is 1.86 bits per heavy atom. The second-order valence-electron chi connectivity index (χ2n) is 16.7. The highest BCUT2D eigenvalue weighted by Crippen LogP contribution is 2.57. The Morgan fingerprint density at radius 3 is 2.53 bits per heavy atom. The number of methoxy groups -OCH3 is 1. The Balaban J connectivity index is 1.27. The number of carbonyl (C=O) groups is 4. The van der Waals surface area contributed by atoms with Crippen molar-refractivity contribution < 1.29 is 37.1 Å². The predicted molar refractivity (Wildman–Crippen MR) is 217 cm³/mol. The van der Waals surface area contributed by atoms with Crippen molar-refractivity contribution >= 4 is 44.4 Å². The minimum Gasteiger partial charge on any atom is -0.496 e. The van der Waals surface area contributed by atoms with Gasteiger partial charge in [-0.15, -0.1) is 6.58 Å². The van der Waals surface area contributed by atoms with Crippen LogP contribution in [0.25, 0.3) is 22.2 Å². The van der Waals surface area contributed by atoms with Gasteiger partial charge in [0.15, 0.2) is 5.78 Å². The highest BCUT2D eigenvalue weighted by molar-refractivity contribution is 7.90. The van der Waals surface area contributed by atoms with Crippen molar-refractivity contribution in [3.8, 4) is 22.8 Å². The van der Waals surface area contributed by atoms with Gasteiger partial charge in [-0.1, -0.05) is 56.7 Å². The van der Waals surface area contributed by atoms with E-state index in [4.69, 9.17) is 14.5 Å². The van der Waals surface area contributed by atoms with Crippen molar-refractivity contribution in [2.75, 3.05) is 27.2 Å². The smallest absolute Gasteiger partial charge is 0.240 e. The normalized spacial score (nSPS) is 25.8. The molecular formula is C44H54N4O8S. The number of benzene rings is 2. The first-order chi connectivity index (χ1) is 27.2. The van der Waals surface area contributed by atoms with Crippen LogP contribution in [0.4, 0.5) is 0 Å². The standard InChI is InChI=1S/C44H54N4O8S/c1-6-30-24-44(30,43(52)46-57(53,54)32-16-17-32)25-38(49)37-20-31-26-48(37)42(51)33(27(2)3)21-41(50)47(4)18-12-8-11-15-29-19-34-36(23-39(29)55-5)45-35(22-40(34)56-31)28-13-9-7-10-14-28/h6-7,9-10,13-14,19,22-23,27,30-33,37H,1,8,11-12,15-18,20-21,24-26H2,2-5H3,(H,46,52)/t30-,31-,33+,37+,44-/m1/s1. The lowest BCUT2D eigenvalue weighted by molar-refractivity contribution is -0.146. The maximum absolute atomic E-state index is 14.7. The van der Waals surface area contributed by atoms with Gasteiger partial charge < -0.3 is 19.3 Å². The molecule has 2 aliphatic carbocycles. The maximum atomic E-state index is 14.7. The van der Waals surface area contributed by atoms with Crippen LogP contribution in [-0.4, -0.2) is 91.3 Å². The van der Waals surface area contributed by atoms with Crippen LogP contribution in [0.5, 0.6) is 11.5 Å². The van der Waals surface area contributed by atoms with E-state index in [1.165, 1.54) is 0 Å². The molecule has 5 atom stereocenters. The number of hydrogen-bond donors (Lipinski definition) is 1. The van der Waals surface area contributed by atoms with E-state index in [1.807, 2.05) is 56.3 Å². The van der Waals surface area contributed by atoms with Crippen molar-refractivity contribution in [3.63, 3.8) is 0 Å². The zero-order valence-electron chi connectivity index (χ0n) is 33.4. The van der Waals surface area contributed by atoms with Crippen LogP contribution in [0.2, 0.25) is 0 Å². The van der Waals surface area contributed by atoms with E-state index >= 15 is 0 Å². The lowest BCUT2D eigenvalue weighted by Gasteiger charge is -2.31. The second kappa shape index (κ2) is 16.2. The van der Waals surface area contributed by atoms with Gasteiger partial charge in [0.25, 0.3) is 0 Å². The number of aromatic nitrogens is 1. The van der Waals surface area contributed by atoms with Gasteiger partial charge in [-0.2, -0.15) is 0 Å². The van der Waals surface area contributed by atoms with Gasteiger partial charge in [-0.05, 0) is 62.0 Å². The Morgan fingerprint density at radius 1 is 1.11 bits per heavy atom. The van der Waals surface area contributed by atoms with Crippen LogP contribution < -0.4 is 14.2 Å². The van der Waals surface area contributed by atoms with E-state index in [0.29, 0.717) is 36.3 Å². The predicted octanol–water partition coefficient (Wildman–Crippen LogP) is 5.87. The summed E-state index contributed by atoms with van der Waals surface area (Å²) in [5, 5.41) is 0.178. The molecule has 1 saturated heterocycles. The molecule has 57 heavy (non-hydrogen) atoms. The number of ether oxygens (including phenoxy) is 2. The molecular weight excluding hydrogens is 745 g/mol. The van der Waals surface area contributed by atoms with Crippen molar-refractivity contribution in [1.29, 1.82) is 0 Å². The third-order valence-electron chi connectivity index (χ3n) is 12.4. The summed E-state index contributed by atoms with van der Waals surface area (Å²) in [5.74, 6) is -1.54. The number of hydrogen-bond acceptors (Lipinski definition) is 9. The van der Waals surface area contributed by atoms with Crippen LogP contribution in [0.15, 0.2) is 61.2 Å². The Bertz CT molecular complexity index is 2170. The number of fused-ring (bicyclic) bond motifs is 3. The van der Waals surface area contributed by atoms with Gasteiger partial charge in [-0.3, -0.25) is 23.9 Å². The molecule has 2 aromatic carbocycles. The summed E-state index contributed by atoms with van der Waals surface area (Å²) < 4.78 is 40.6. The summed E-state index contributed by atoms with van der Waals surface area (Å²) >= 11 is 0. The molecule has 0 radical (unpaired) electrons. The largest absolute Gasteiger partial charge is 0.496 e. The zero-order chi connectivity index (χ0) is 40.6. The van der Waals surface area contributed by atoms with E-state index < -0.39 is 50.6 Å². The number of Topliss-reactive ketones (excluding diaryl/α,β-unsaturated/α-hetero) is 1. The second-order valence-corrected chi connectivity index (χ2v) is 18.7. The monoisotopic (exact) mass is 798 g/mol. The molecule has 4 bridgehead atoms. The Kier molecular flexibility index (Phi) is 11.5. The average molecular weight is 799 g/mol. The Hall–Kier alpha value is -4.78. The SMILES string of the molecule is C=C[C@@H]1C[C@]1(CC(=O)[C@@H]1C[C@@H]2CN1C(=O)[C@H](C(C)C)CC(=O)N(C)CCCCCc1cc3c(cc(-c4ccccc4)nc3cc1OC)O2)C(=O)NS(=O)(=O)C1CC1. The number of nitrogens with zero attached hydrogens (tertiary/aromatic N) is 3. The molecule has 0 spiro atoms. The van der Waals surface area contributed by atoms with Gasteiger partial charge >= 0.3 is 0 Å². The molecule has 4 aliphatic rings. The summed E-state index contributed by atoms with van der Waals surface area (Å²) in [6, 6.07) is 14.7. The molecule has 3 heterocycles. The lowest BCUT2D eigenvalue weighted by atomic mass is 9.88. The van der Waals surface area contributed by atoms with E-state index in [-0.39, 0.29) is 55.7 Å². The molecule has 3 aromatic rings.